The summed E-state index contributed by atoms with van der Waals surface area (Å²) in [7, 11) is -3.71. The lowest BCUT2D eigenvalue weighted by Gasteiger charge is -2.30. The highest BCUT2D eigenvalue weighted by molar-refractivity contribution is 7.89. The van der Waals surface area contributed by atoms with Crippen LogP contribution in [0.2, 0.25) is 0 Å². The second-order valence-corrected chi connectivity index (χ2v) is 7.82. The van der Waals surface area contributed by atoms with Crippen LogP contribution in [0, 0.1) is 0 Å². The number of fused-ring (bicyclic) bond motifs is 1. The molecular formula is C16H18N4O4S. The maximum Gasteiger partial charge on any atom is 0.233 e. The number of sulfonamides is 1. The van der Waals surface area contributed by atoms with Crippen molar-refractivity contribution in [1.29, 1.82) is 0 Å². The van der Waals surface area contributed by atoms with Gasteiger partial charge in [0.2, 0.25) is 16.4 Å². The zero-order chi connectivity index (χ0) is 17.9. The van der Waals surface area contributed by atoms with Crippen LogP contribution in [-0.4, -0.2) is 51.7 Å². The van der Waals surface area contributed by atoms with Crippen molar-refractivity contribution in [2.45, 2.75) is 19.0 Å². The monoisotopic (exact) mass is 362 g/mol. The van der Waals surface area contributed by atoms with Crippen LogP contribution >= 0.6 is 0 Å². The van der Waals surface area contributed by atoms with Crippen LogP contribution in [0.5, 0.6) is 0 Å². The minimum Gasteiger partial charge on any atom is -0.285 e. The third kappa shape index (κ3) is 3.84. The Hall–Kier alpha value is -2.36. The number of benzene rings is 1. The summed E-state index contributed by atoms with van der Waals surface area (Å²) in [6.45, 7) is 0.646. The molecule has 1 aromatic carbocycles. The fraction of sp³-hybridized carbons (Fsp3) is 0.312. The summed E-state index contributed by atoms with van der Waals surface area (Å²) in [5, 5.41) is 10.2. The Labute approximate surface area is 145 Å². The number of carbonyl (C=O) groups excluding carboxylic acids is 1. The standard InChI is InChI=1S/C16H18N4O4S/c21-12-20(22)16(15-7-17-11-18-8-15)10-25(23,24)19-6-5-13-3-1-2-4-14(13)9-19/h1-4,7-8,11-12,16,22H,5-6,9-10H2. The molecule has 8 nitrogen and oxygen atoms in total. The Morgan fingerprint density at radius 2 is 1.92 bits per heavy atom. The number of amides is 1. The van der Waals surface area contributed by atoms with Crippen molar-refractivity contribution in [3.8, 4) is 0 Å². The minimum absolute atomic E-state index is 0.179. The molecule has 0 saturated carbocycles. The van der Waals surface area contributed by atoms with Crippen LogP contribution in [0.1, 0.15) is 22.7 Å². The second kappa shape index (κ2) is 7.26. The zero-order valence-corrected chi connectivity index (χ0v) is 14.2. The molecule has 0 fully saturated rings. The number of hydrogen-bond donors (Lipinski definition) is 1. The first-order valence-corrected chi connectivity index (χ1v) is 9.34. The second-order valence-electron chi connectivity index (χ2n) is 5.80. The molecule has 0 bridgehead atoms. The van der Waals surface area contributed by atoms with Gasteiger partial charge in [0, 0.05) is 31.0 Å². The van der Waals surface area contributed by atoms with Gasteiger partial charge >= 0.3 is 0 Å². The van der Waals surface area contributed by atoms with E-state index in [1.54, 1.807) is 0 Å². The van der Waals surface area contributed by atoms with Crippen molar-refractivity contribution >= 4 is 16.4 Å². The van der Waals surface area contributed by atoms with Crippen molar-refractivity contribution in [1.82, 2.24) is 19.3 Å². The normalized spacial score (nSPS) is 16.0. The van der Waals surface area contributed by atoms with Crippen LogP contribution < -0.4 is 0 Å². The molecule has 25 heavy (non-hydrogen) atoms. The van der Waals surface area contributed by atoms with Gasteiger partial charge in [-0.2, -0.15) is 4.31 Å². The van der Waals surface area contributed by atoms with E-state index < -0.39 is 21.8 Å². The van der Waals surface area contributed by atoms with E-state index in [2.05, 4.69) is 9.97 Å². The number of hydroxylamine groups is 2. The largest absolute Gasteiger partial charge is 0.285 e. The van der Waals surface area contributed by atoms with Crippen molar-refractivity contribution < 1.29 is 18.4 Å². The Kier molecular flexibility index (Phi) is 5.07. The smallest absolute Gasteiger partial charge is 0.233 e. The molecule has 1 unspecified atom stereocenters. The maximum absolute atomic E-state index is 12.8. The van der Waals surface area contributed by atoms with E-state index >= 15 is 0 Å². The number of hydrogen-bond acceptors (Lipinski definition) is 6. The summed E-state index contributed by atoms with van der Waals surface area (Å²) in [6.07, 6.45) is 4.86. The Morgan fingerprint density at radius 1 is 1.24 bits per heavy atom. The average molecular weight is 362 g/mol. The Balaban J connectivity index is 1.83. The van der Waals surface area contributed by atoms with Gasteiger partial charge in [-0.15, -0.1) is 0 Å². The highest BCUT2D eigenvalue weighted by atomic mass is 32.2. The first kappa shape index (κ1) is 17.5. The van der Waals surface area contributed by atoms with Crippen LogP contribution in [0.25, 0.3) is 0 Å². The lowest BCUT2D eigenvalue weighted by atomic mass is 10.0. The molecule has 0 saturated heterocycles. The molecule has 1 amide bonds. The molecule has 3 rings (SSSR count). The van der Waals surface area contributed by atoms with Crippen LogP contribution in [0.15, 0.2) is 43.0 Å². The van der Waals surface area contributed by atoms with Gasteiger partial charge in [-0.25, -0.2) is 23.4 Å². The molecule has 2 heterocycles. The van der Waals surface area contributed by atoms with Gasteiger partial charge in [-0.1, -0.05) is 24.3 Å². The van der Waals surface area contributed by atoms with Crippen LogP contribution in [0.4, 0.5) is 0 Å². The van der Waals surface area contributed by atoms with Gasteiger partial charge < -0.3 is 0 Å². The molecule has 9 heteroatoms. The van der Waals surface area contributed by atoms with Gasteiger partial charge in [-0.05, 0) is 17.5 Å². The summed E-state index contributed by atoms with van der Waals surface area (Å²) in [5.74, 6) is -0.447. The quantitative estimate of drug-likeness (QED) is 0.462. The summed E-state index contributed by atoms with van der Waals surface area (Å²) in [6, 6.07) is 6.64. The number of carbonyl (C=O) groups is 1. The molecule has 0 spiro atoms. The Morgan fingerprint density at radius 3 is 2.60 bits per heavy atom. The van der Waals surface area contributed by atoms with E-state index in [1.165, 1.54) is 23.0 Å². The predicted molar refractivity (Wildman–Crippen MR) is 88.8 cm³/mol. The summed E-state index contributed by atoms with van der Waals surface area (Å²) in [5.41, 5.74) is 2.45. The van der Waals surface area contributed by atoms with Gasteiger partial charge in [-0.3, -0.25) is 10.0 Å². The predicted octanol–water partition coefficient (Wildman–Crippen LogP) is 0.753. The molecule has 1 aromatic heterocycles. The SMILES string of the molecule is O=CN(O)C(CS(=O)(=O)N1CCc2ccccc2C1)c1cncnc1. The van der Waals surface area contributed by atoms with Gasteiger partial charge in [0.25, 0.3) is 0 Å². The third-order valence-electron chi connectivity index (χ3n) is 4.25. The third-order valence-corrected chi connectivity index (χ3v) is 6.09. The lowest BCUT2D eigenvalue weighted by molar-refractivity contribution is -0.159. The molecule has 1 aliphatic rings. The fourth-order valence-electron chi connectivity index (χ4n) is 2.89. The zero-order valence-electron chi connectivity index (χ0n) is 13.4. The van der Waals surface area contributed by atoms with Crippen molar-refractivity contribution in [3.63, 3.8) is 0 Å². The lowest BCUT2D eigenvalue weighted by Crippen LogP contribution is -2.41. The van der Waals surface area contributed by atoms with E-state index in [0.717, 1.165) is 11.1 Å². The number of nitrogens with zero attached hydrogens (tertiary/aromatic N) is 4. The molecule has 0 aliphatic carbocycles. The maximum atomic E-state index is 12.8. The molecular weight excluding hydrogens is 344 g/mol. The average Bonchev–Trinajstić information content (AvgIpc) is 2.66. The van der Waals surface area contributed by atoms with E-state index in [0.29, 0.717) is 23.6 Å². The Bertz CT molecular complexity index is 844. The van der Waals surface area contributed by atoms with Gasteiger partial charge in [0.05, 0.1) is 5.75 Å². The van der Waals surface area contributed by atoms with Crippen molar-refractivity contribution in [2.24, 2.45) is 0 Å². The number of aromatic nitrogens is 2. The van der Waals surface area contributed by atoms with Crippen LogP contribution in [0.3, 0.4) is 0 Å². The molecule has 1 atom stereocenters. The molecule has 132 valence electrons. The molecule has 2 aromatic rings. The van der Waals surface area contributed by atoms with Crippen LogP contribution in [-0.2, 0) is 27.8 Å². The van der Waals surface area contributed by atoms with Gasteiger partial charge in [0.15, 0.2) is 0 Å². The molecule has 0 radical (unpaired) electrons. The van der Waals surface area contributed by atoms with E-state index in [4.69, 9.17) is 0 Å². The summed E-state index contributed by atoms with van der Waals surface area (Å²) < 4.78 is 27.0. The molecule has 1 aliphatic heterocycles. The topological polar surface area (TPSA) is 104 Å². The minimum atomic E-state index is -3.71. The fourth-order valence-corrected chi connectivity index (χ4v) is 4.55. The van der Waals surface area contributed by atoms with E-state index in [9.17, 15) is 18.4 Å². The number of rotatable bonds is 6. The highest BCUT2D eigenvalue weighted by Crippen LogP contribution is 2.25. The first-order chi connectivity index (χ1) is 12.0. The summed E-state index contributed by atoms with van der Waals surface area (Å²) >= 11 is 0. The highest BCUT2D eigenvalue weighted by Gasteiger charge is 2.32. The van der Waals surface area contributed by atoms with E-state index in [-0.39, 0.29) is 13.0 Å². The van der Waals surface area contributed by atoms with Gasteiger partial charge in [0.1, 0.15) is 12.4 Å². The summed E-state index contributed by atoms with van der Waals surface area (Å²) in [4.78, 5) is 18.6. The molecule has 1 N–H and O–H groups in total. The van der Waals surface area contributed by atoms with Crippen molar-refractivity contribution in [3.05, 3.63) is 59.7 Å². The first-order valence-electron chi connectivity index (χ1n) is 7.73. The van der Waals surface area contributed by atoms with Crippen molar-refractivity contribution in [2.75, 3.05) is 12.3 Å². The van der Waals surface area contributed by atoms with E-state index in [1.807, 2.05) is 24.3 Å².